The summed E-state index contributed by atoms with van der Waals surface area (Å²) >= 11 is 1.54. The number of benzene rings is 1. The third kappa shape index (κ3) is 3.41. The maximum absolute atomic E-state index is 11.8. The highest BCUT2D eigenvalue weighted by Gasteiger charge is 2.14. The summed E-state index contributed by atoms with van der Waals surface area (Å²) in [4.78, 5) is 11.8. The molecule has 0 aliphatic carbocycles. The Balaban J connectivity index is 1.92. The number of thiophene rings is 1. The van der Waals surface area contributed by atoms with Crippen molar-refractivity contribution >= 4 is 22.9 Å². The summed E-state index contributed by atoms with van der Waals surface area (Å²) in [6.07, 6.45) is 0.552. The van der Waals surface area contributed by atoms with Crippen molar-refractivity contribution in [1.29, 1.82) is 0 Å². The van der Waals surface area contributed by atoms with Crippen LogP contribution in [0.1, 0.15) is 5.56 Å². The maximum Gasteiger partial charge on any atom is 0.241 e. The molecule has 0 spiro atoms. The second-order valence-corrected chi connectivity index (χ2v) is 4.58. The summed E-state index contributed by atoms with van der Waals surface area (Å²) in [5, 5.41) is 6.59. The first-order valence-electron chi connectivity index (χ1n) is 5.38. The third-order valence-corrected chi connectivity index (χ3v) is 3.11. The molecule has 0 aliphatic rings. The zero-order valence-corrected chi connectivity index (χ0v) is 10.1. The lowest BCUT2D eigenvalue weighted by molar-refractivity contribution is -0.117. The molecule has 3 nitrogen and oxygen atoms in total. The number of anilines is 1. The highest BCUT2D eigenvalue weighted by atomic mass is 32.1. The van der Waals surface area contributed by atoms with Gasteiger partial charge in [-0.3, -0.25) is 4.79 Å². The SMILES string of the molecule is N[C@H](Cc1ccccc1)C(=O)Nc1ccsc1. The van der Waals surface area contributed by atoms with Gasteiger partial charge in [0.2, 0.25) is 5.91 Å². The molecule has 0 aliphatic heterocycles. The zero-order valence-electron chi connectivity index (χ0n) is 9.30. The van der Waals surface area contributed by atoms with E-state index in [-0.39, 0.29) is 5.91 Å². The molecule has 1 aromatic carbocycles. The van der Waals surface area contributed by atoms with Crippen molar-refractivity contribution in [3.63, 3.8) is 0 Å². The van der Waals surface area contributed by atoms with Crippen LogP contribution in [-0.4, -0.2) is 11.9 Å². The molecule has 0 saturated carbocycles. The molecular formula is C13H14N2OS. The molecular weight excluding hydrogens is 232 g/mol. The molecule has 1 amide bonds. The molecule has 17 heavy (non-hydrogen) atoms. The lowest BCUT2D eigenvalue weighted by Gasteiger charge is -2.11. The smallest absolute Gasteiger partial charge is 0.241 e. The Morgan fingerprint density at radius 3 is 2.71 bits per heavy atom. The average molecular weight is 246 g/mol. The number of carbonyl (C=O) groups excluding carboxylic acids is 1. The maximum atomic E-state index is 11.8. The van der Waals surface area contributed by atoms with Gasteiger partial charge < -0.3 is 11.1 Å². The van der Waals surface area contributed by atoms with Gasteiger partial charge in [-0.25, -0.2) is 0 Å². The number of hydrogen-bond donors (Lipinski definition) is 2. The summed E-state index contributed by atoms with van der Waals surface area (Å²) in [6, 6.07) is 11.1. The topological polar surface area (TPSA) is 55.1 Å². The fourth-order valence-corrected chi connectivity index (χ4v) is 2.12. The van der Waals surface area contributed by atoms with Crippen molar-refractivity contribution in [1.82, 2.24) is 0 Å². The highest BCUT2D eigenvalue weighted by Crippen LogP contribution is 2.12. The van der Waals surface area contributed by atoms with E-state index < -0.39 is 6.04 Å². The van der Waals surface area contributed by atoms with E-state index in [0.717, 1.165) is 11.3 Å². The molecule has 0 unspecified atom stereocenters. The largest absolute Gasteiger partial charge is 0.324 e. The van der Waals surface area contributed by atoms with Crippen LogP contribution in [0, 0.1) is 0 Å². The highest BCUT2D eigenvalue weighted by molar-refractivity contribution is 7.08. The van der Waals surface area contributed by atoms with Gasteiger partial charge >= 0.3 is 0 Å². The molecule has 1 aromatic heterocycles. The van der Waals surface area contributed by atoms with Crippen LogP contribution in [0.15, 0.2) is 47.2 Å². The van der Waals surface area contributed by atoms with Gasteiger partial charge in [-0.15, -0.1) is 0 Å². The normalized spacial score (nSPS) is 12.1. The molecule has 1 heterocycles. The van der Waals surface area contributed by atoms with Crippen molar-refractivity contribution in [2.75, 3.05) is 5.32 Å². The summed E-state index contributed by atoms with van der Waals surface area (Å²) < 4.78 is 0. The third-order valence-electron chi connectivity index (χ3n) is 2.42. The lowest BCUT2D eigenvalue weighted by atomic mass is 10.1. The number of rotatable bonds is 4. The van der Waals surface area contributed by atoms with Crippen LogP contribution in [0.2, 0.25) is 0 Å². The van der Waals surface area contributed by atoms with Crippen LogP contribution in [0.5, 0.6) is 0 Å². The van der Waals surface area contributed by atoms with E-state index in [1.807, 2.05) is 47.2 Å². The minimum Gasteiger partial charge on any atom is -0.324 e. The minimum absolute atomic E-state index is 0.146. The van der Waals surface area contributed by atoms with E-state index in [9.17, 15) is 4.79 Å². The fourth-order valence-electron chi connectivity index (χ4n) is 1.53. The zero-order chi connectivity index (χ0) is 12.1. The van der Waals surface area contributed by atoms with E-state index in [1.54, 1.807) is 11.3 Å². The van der Waals surface area contributed by atoms with E-state index in [0.29, 0.717) is 6.42 Å². The van der Waals surface area contributed by atoms with Gasteiger partial charge in [0, 0.05) is 5.38 Å². The van der Waals surface area contributed by atoms with E-state index in [1.165, 1.54) is 0 Å². The first kappa shape index (κ1) is 11.8. The molecule has 0 radical (unpaired) electrons. The molecule has 1 atom stereocenters. The van der Waals surface area contributed by atoms with E-state index >= 15 is 0 Å². The molecule has 3 N–H and O–H groups in total. The predicted molar refractivity (Wildman–Crippen MR) is 71.1 cm³/mol. The molecule has 0 bridgehead atoms. The summed E-state index contributed by atoms with van der Waals surface area (Å²) in [6.45, 7) is 0. The average Bonchev–Trinajstić information content (AvgIpc) is 2.83. The Morgan fingerprint density at radius 2 is 2.06 bits per heavy atom. The van der Waals surface area contributed by atoms with Gasteiger partial charge in [0.15, 0.2) is 0 Å². The number of nitrogens with one attached hydrogen (secondary N) is 1. The van der Waals surface area contributed by atoms with Gasteiger partial charge in [0.1, 0.15) is 0 Å². The van der Waals surface area contributed by atoms with Crippen LogP contribution >= 0.6 is 11.3 Å². The molecule has 2 rings (SSSR count). The molecule has 88 valence electrons. The van der Waals surface area contributed by atoms with Crippen LogP contribution in [0.3, 0.4) is 0 Å². The molecule has 2 aromatic rings. The molecule has 0 saturated heterocycles. The Kier molecular flexibility index (Phi) is 3.90. The monoisotopic (exact) mass is 246 g/mol. The summed E-state index contributed by atoms with van der Waals surface area (Å²) in [5.74, 6) is -0.146. The Bertz CT molecular complexity index is 467. The van der Waals surface area contributed by atoms with Crippen molar-refractivity contribution in [3.8, 4) is 0 Å². The van der Waals surface area contributed by atoms with Crippen LogP contribution in [0.4, 0.5) is 5.69 Å². The first-order valence-corrected chi connectivity index (χ1v) is 6.32. The Morgan fingerprint density at radius 1 is 1.29 bits per heavy atom. The fraction of sp³-hybridized carbons (Fsp3) is 0.154. The summed E-state index contributed by atoms with van der Waals surface area (Å²) in [5.41, 5.74) is 7.74. The number of nitrogens with two attached hydrogens (primary N) is 1. The standard InChI is InChI=1S/C13H14N2OS/c14-12(8-10-4-2-1-3-5-10)13(16)15-11-6-7-17-9-11/h1-7,9,12H,8,14H2,(H,15,16)/t12-/m1/s1. The lowest BCUT2D eigenvalue weighted by Crippen LogP contribution is -2.37. The van der Waals surface area contributed by atoms with Gasteiger partial charge in [-0.05, 0) is 23.4 Å². The van der Waals surface area contributed by atoms with Gasteiger partial charge in [-0.2, -0.15) is 11.3 Å². The molecule has 4 heteroatoms. The van der Waals surface area contributed by atoms with E-state index in [2.05, 4.69) is 5.32 Å². The van der Waals surface area contributed by atoms with Crippen molar-refractivity contribution in [2.24, 2.45) is 5.73 Å². The molecule has 0 fully saturated rings. The van der Waals surface area contributed by atoms with Crippen molar-refractivity contribution in [2.45, 2.75) is 12.5 Å². The van der Waals surface area contributed by atoms with Crippen LogP contribution < -0.4 is 11.1 Å². The second kappa shape index (κ2) is 5.61. The number of hydrogen-bond acceptors (Lipinski definition) is 3. The summed E-state index contributed by atoms with van der Waals surface area (Å²) in [7, 11) is 0. The van der Waals surface area contributed by atoms with Crippen LogP contribution in [-0.2, 0) is 11.2 Å². The first-order chi connectivity index (χ1) is 8.25. The van der Waals surface area contributed by atoms with Crippen molar-refractivity contribution < 1.29 is 4.79 Å². The Hall–Kier alpha value is -1.65. The van der Waals surface area contributed by atoms with Gasteiger partial charge in [0.25, 0.3) is 0 Å². The quantitative estimate of drug-likeness (QED) is 0.869. The second-order valence-electron chi connectivity index (χ2n) is 3.80. The van der Waals surface area contributed by atoms with Crippen molar-refractivity contribution in [3.05, 3.63) is 52.7 Å². The Labute approximate surface area is 104 Å². The van der Waals surface area contributed by atoms with Gasteiger partial charge in [-0.1, -0.05) is 30.3 Å². The predicted octanol–water partition coefficient (Wildman–Crippen LogP) is 2.26. The minimum atomic E-state index is -0.516. The van der Waals surface area contributed by atoms with Gasteiger partial charge in [0.05, 0.1) is 11.7 Å². The number of carbonyl (C=O) groups is 1. The van der Waals surface area contributed by atoms with Crippen LogP contribution in [0.25, 0.3) is 0 Å². The van der Waals surface area contributed by atoms with E-state index in [4.69, 9.17) is 5.73 Å². The number of amides is 1.